The molecule has 0 nitrogen and oxygen atoms in total. The summed E-state index contributed by atoms with van der Waals surface area (Å²) in [6.45, 7) is 0. The van der Waals surface area contributed by atoms with E-state index in [1.165, 1.54) is 0 Å². The fraction of sp³-hybridized carbons (Fsp3) is 0. The van der Waals surface area contributed by atoms with Gasteiger partial charge in [0.15, 0.2) is 0 Å². The van der Waals surface area contributed by atoms with Crippen molar-refractivity contribution >= 4 is 11.6 Å². The third kappa shape index (κ3) is 1.96. The topological polar surface area (TPSA) is 0 Å². The lowest BCUT2D eigenvalue weighted by molar-refractivity contribution is 0.723. The zero-order valence-corrected chi connectivity index (χ0v) is 2.59. The van der Waals surface area contributed by atoms with Crippen LogP contribution in [0.1, 0.15) is 1.37 Å². The molecular formula is C2H2ClF. The molecule has 0 spiro atoms. The lowest BCUT2D eigenvalue weighted by Gasteiger charge is -1.43. The van der Waals surface area contributed by atoms with Crippen molar-refractivity contribution in [1.29, 1.82) is 0 Å². The fourth-order valence-electron chi connectivity index (χ4n) is 0. The first-order valence-electron chi connectivity index (χ1n) is 1.20. The molecule has 2 heteroatoms. The first-order chi connectivity index (χ1) is 2.27. The molecule has 0 atom stereocenters. The summed E-state index contributed by atoms with van der Waals surface area (Å²) in [5.41, 5.74) is -0.565. The third-order valence-electron chi connectivity index (χ3n) is 0.0412. The minimum absolute atomic E-state index is 0.0154. The highest BCUT2D eigenvalue weighted by molar-refractivity contribution is 6.25. The SMILES string of the molecule is [2H]/C([37Cl])=C\F. The molecule has 0 rings (SSSR count). The van der Waals surface area contributed by atoms with Gasteiger partial charge in [0, 0.05) is 5.51 Å². The van der Waals surface area contributed by atoms with Gasteiger partial charge < -0.3 is 0 Å². The predicted molar refractivity (Wildman–Crippen MR) is 16.1 cm³/mol. The molecule has 0 heterocycles. The Morgan fingerprint density at radius 1 is 2.25 bits per heavy atom. The van der Waals surface area contributed by atoms with Crippen LogP contribution >= 0.6 is 11.6 Å². The smallest absolute Gasteiger partial charge is 0.0979 e. The van der Waals surface area contributed by atoms with E-state index in [1.807, 2.05) is 0 Å². The number of hydrogen-bond donors (Lipinski definition) is 0. The fourth-order valence-corrected chi connectivity index (χ4v) is 0. The number of hydrogen-bond acceptors (Lipinski definition) is 0. The van der Waals surface area contributed by atoms with Gasteiger partial charge >= 0.3 is 0 Å². The van der Waals surface area contributed by atoms with Gasteiger partial charge in [-0.05, 0) is 0 Å². The zero-order valence-electron chi connectivity index (χ0n) is 2.83. The molecule has 24 valence electrons. The second-order valence-corrected chi connectivity index (χ2v) is 0.436. The van der Waals surface area contributed by atoms with Gasteiger partial charge in [-0.3, -0.25) is 0 Å². The van der Waals surface area contributed by atoms with E-state index in [-0.39, 0.29) is 6.33 Å². The average Bonchev–Trinajstić information content (AvgIpc) is 1.38. The Balaban J connectivity index is 3.14. The molecule has 0 saturated heterocycles. The van der Waals surface area contributed by atoms with Crippen molar-refractivity contribution in [3.05, 3.63) is 11.8 Å². The van der Waals surface area contributed by atoms with Crippen LogP contribution in [0, 0.1) is 0 Å². The Kier molecular flexibility index (Phi) is 1.64. The van der Waals surface area contributed by atoms with Crippen molar-refractivity contribution in [2.75, 3.05) is 0 Å². The molecule has 0 saturated carbocycles. The summed E-state index contributed by atoms with van der Waals surface area (Å²) in [5.74, 6) is 0. The molecule has 0 aliphatic rings. The minimum Gasteiger partial charge on any atom is -0.215 e. The maximum atomic E-state index is 10.6. The summed E-state index contributed by atoms with van der Waals surface area (Å²) >= 11 is 4.61. The summed E-state index contributed by atoms with van der Waals surface area (Å²) < 4.78 is 16.7. The van der Waals surface area contributed by atoms with Crippen molar-refractivity contribution in [3.8, 4) is 0 Å². The van der Waals surface area contributed by atoms with Gasteiger partial charge in [-0.15, -0.1) is 0 Å². The predicted octanol–water partition coefficient (Wildman–Crippen LogP) is 1.67. The van der Waals surface area contributed by atoms with Crippen LogP contribution in [0.3, 0.4) is 0 Å². The zero-order chi connectivity index (χ0) is 4.28. The quantitative estimate of drug-likeness (QED) is 0.417. The molecule has 0 aromatic heterocycles. The van der Waals surface area contributed by atoms with E-state index < -0.39 is 5.51 Å². The van der Waals surface area contributed by atoms with E-state index in [0.29, 0.717) is 0 Å². The van der Waals surface area contributed by atoms with Gasteiger partial charge in [0.05, 0.1) is 7.70 Å². The van der Waals surface area contributed by atoms with Crippen LogP contribution in [0.2, 0.25) is 0 Å². The lowest BCUT2D eigenvalue weighted by atomic mass is 11.2. The number of rotatable bonds is 0. The molecule has 0 unspecified atom stereocenters. The van der Waals surface area contributed by atoms with Crippen molar-refractivity contribution in [2.24, 2.45) is 0 Å². The molecule has 0 aliphatic heterocycles. The summed E-state index contributed by atoms with van der Waals surface area (Å²) in [7, 11) is 0. The Bertz CT molecular complexity index is 47.6. The maximum absolute atomic E-state index is 10.6. The summed E-state index contributed by atoms with van der Waals surface area (Å²) in [5, 5.41) is 0. The normalized spacial score (nSPS) is 15.5. The standard InChI is InChI=1S/C2H2ClF/c3-1-2-4/h1-2H/b2-1+/i1D,3+2. The number of halogens is 2. The highest BCUT2D eigenvalue weighted by atomic mass is 37.0. The van der Waals surface area contributed by atoms with Crippen LogP contribution in [-0.4, -0.2) is 0 Å². The summed E-state index contributed by atoms with van der Waals surface area (Å²) in [6, 6.07) is 0. The van der Waals surface area contributed by atoms with Crippen LogP contribution in [-0.2, 0) is 0 Å². The first-order valence-corrected chi connectivity index (χ1v) is 1.07. The van der Waals surface area contributed by atoms with Gasteiger partial charge in [0.25, 0.3) is 0 Å². The van der Waals surface area contributed by atoms with Crippen molar-refractivity contribution in [1.82, 2.24) is 0 Å². The molecule has 4 heavy (non-hydrogen) atoms. The van der Waals surface area contributed by atoms with E-state index >= 15 is 0 Å². The van der Waals surface area contributed by atoms with Gasteiger partial charge in [-0.2, -0.15) is 0 Å². The van der Waals surface area contributed by atoms with E-state index in [2.05, 4.69) is 11.6 Å². The highest BCUT2D eigenvalue weighted by Crippen LogP contribution is 1.73. The monoisotopic (exact) mass is 83.0 g/mol. The van der Waals surface area contributed by atoms with Crippen LogP contribution in [0.15, 0.2) is 11.8 Å². The summed E-state index contributed by atoms with van der Waals surface area (Å²) in [4.78, 5) is 0. The molecule has 0 aliphatic carbocycles. The van der Waals surface area contributed by atoms with Gasteiger partial charge in [0.2, 0.25) is 0 Å². The van der Waals surface area contributed by atoms with Gasteiger partial charge in [-0.1, -0.05) is 11.6 Å². The first kappa shape index (κ1) is 2.21. The van der Waals surface area contributed by atoms with Crippen LogP contribution in [0.4, 0.5) is 4.39 Å². The molecule has 0 amide bonds. The molecule has 0 aromatic carbocycles. The Hall–Kier alpha value is -0.0400. The molecule has 0 bridgehead atoms. The Morgan fingerprint density at radius 2 is 2.50 bits per heavy atom. The van der Waals surface area contributed by atoms with Crippen molar-refractivity contribution in [2.45, 2.75) is 0 Å². The van der Waals surface area contributed by atoms with Gasteiger partial charge in [0.1, 0.15) is 0 Å². The van der Waals surface area contributed by atoms with Crippen LogP contribution in [0.25, 0.3) is 0 Å². The minimum atomic E-state index is -0.565. The molecule has 0 aromatic rings. The van der Waals surface area contributed by atoms with E-state index in [4.69, 9.17) is 1.37 Å². The summed E-state index contributed by atoms with van der Waals surface area (Å²) in [6.07, 6.45) is 0.0154. The van der Waals surface area contributed by atoms with Crippen molar-refractivity contribution < 1.29 is 5.76 Å². The maximum Gasteiger partial charge on any atom is 0.0979 e. The highest BCUT2D eigenvalue weighted by Gasteiger charge is 1.41. The second-order valence-electron chi connectivity index (χ2n) is 0.218. The Morgan fingerprint density at radius 3 is 2.50 bits per heavy atom. The van der Waals surface area contributed by atoms with Crippen molar-refractivity contribution in [3.63, 3.8) is 0 Å². The van der Waals surface area contributed by atoms with Gasteiger partial charge in [-0.25, -0.2) is 4.39 Å². The van der Waals surface area contributed by atoms with Crippen LogP contribution in [0.5, 0.6) is 0 Å². The average molecular weight is 83.0 g/mol. The second kappa shape index (κ2) is 2.96. The van der Waals surface area contributed by atoms with E-state index in [9.17, 15) is 4.39 Å². The third-order valence-corrected chi connectivity index (χ3v) is 0.124. The Labute approximate surface area is 30.3 Å². The van der Waals surface area contributed by atoms with E-state index in [0.717, 1.165) is 0 Å². The molecule has 0 fully saturated rings. The molecule has 0 N–H and O–H groups in total. The lowest BCUT2D eigenvalue weighted by Crippen LogP contribution is -1.14. The molecule has 0 radical (unpaired) electrons. The van der Waals surface area contributed by atoms with Crippen LogP contribution < -0.4 is 0 Å². The van der Waals surface area contributed by atoms with E-state index in [1.54, 1.807) is 0 Å². The molecular weight excluding hydrogens is 80.0 g/mol. The largest absolute Gasteiger partial charge is 0.215 e.